The van der Waals surface area contributed by atoms with E-state index >= 15 is 0 Å². The summed E-state index contributed by atoms with van der Waals surface area (Å²) in [6, 6.07) is 23.1. The number of pyridine rings is 2. The van der Waals surface area contributed by atoms with Crippen molar-refractivity contribution in [2.45, 2.75) is 48.7 Å². The second-order valence-electron chi connectivity index (χ2n) is 16.7. The van der Waals surface area contributed by atoms with E-state index in [1.807, 2.05) is 26.1 Å². The lowest BCUT2D eigenvalue weighted by Crippen LogP contribution is -3.00. The van der Waals surface area contributed by atoms with Gasteiger partial charge in [0.2, 0.25) is 0 Å². The minimum Gasteiger partial charge on any atom is -1.00 e. The van der Waals surface area contributed by atoms with Crippen molar-refractivity contribution >= 4 is 114 Å². The van der Waals surface area contributed by atoms with E-state index in [4.69, 9.17) is 69.0 Å². The van der Waals surface area contributed by atoms with Crippen LogP contribution in [0.5, 0.6) is 23.0 Å². The SMILES string of the molecule is C.C.C.[C-]#[N+]c1cc(Cl)cc(Oc2c(Cl)ccc3c2nnn3Cc2nn(C(=O)N(C)CCC)c3ncccc23)c1.[C-]#[N+]c1cc(Cl)cc(Oc2c(Cl)ccc3c2nnn3Cc2nn(C(=O)N(C)CCNC)c3ncccc23)c1.[Cl-].[Cl-]. The third-order valence-corrected chi connectivity index (χ3v) is 12.5. The van der Waals surface area contributed by atoms with Crippen molar-refractivity contribution in [1.29, 1.82) is 0 Å². The number of fused-ring (bicyclic) bond motifs is 4. The van der Waals surface area contributed by atoms with E-state index in [1.165, 1.54) is 9.36 Å². The van der Waals surface area contributed by atoms with Crippen LogP contribution in [-0.4, -0.2) is 122 Å². The lowest BCUT2D eigenvalue weighted by molar-refractivity contribution is -0.00100. The number of rotatable bonds is 13. The number of benzene rings is 4. The van der Waals surface area contributed by atoms with Gasteiger partial charge in [0.1, 0.15) is 11.5 Å². The fourth-order valence-corrected chi connectivity index (χ4v) is 8.74. The molecule has 0 saturated carbocycles. The van der Waals surface area contributed by atoms with Crippen LogP contribution in [0.4, 0.5) is 21.0 Å². The summed E-state index contributed by atoms with van der Waals surface area (Å²) in [5.41, 5.74) is 4.95. The molecule has 0 spiro atoms. The van der Waals surface area contributed by atoms with Gasteiger partial charge in [-0.2, -0.15) is 19.6 Å². The van der Waals surface area contributed by atoms with E-state index < -0.39 is 0 Å². The highest BCUT2D eigenvalue weighted by atomic mass is 35.5. The Morgan fingerprint density at radius 3 is 1.46 bits per heavy atom. The molecular formula is C53H53Cl6N17O4-2. The van der Waals surface area contributed by atoms with Crippen molar-refractivity contribution in [3.63, 3.8) is 0 Å². The van der Waals surface area contributed by atoms with E-state index in [2.05, 4.69) is 55.8 Å². The Kier molecular flexibility index (Phi) is 22.9. The topological polar surface area (TPSA) is 203 Å². The van der Waals surface area contributed by atoms with Gasteiger partial charge in [0.25, 0.3) is 0 Å². The summed E-state index contributed by atoms with van der Waals surface area (Å²) < 4.78 is 17.9. The van der Waals surface area contributed by atoms with Gasteiger partial charge in [-0.3, -0.25) is 0 Å². The largest absolute Gasteiger partial charge is 1.00 e. The average Bonchev–Trinajstić information content (AvgIpc) is 4.21. The zero-order valence-electron chi connectivity index (χ0n) is 41.0. The molecule has 0 aliphatic rings. The maximum absolute atomic E-state index is 13.1. The molecule has 0 atom stereocenters. The molecule has 21 nitrogen and oxygen atoms in total. The van der Waals surface area contributed by atoms with E-state index in [0.717, 1.165) is 17.2 Å². The predicted octanol–water partition coefficient (Wildman–Crippen LogP) is 7.09. The number of nitrogens with zero attached hydrogens (tertiary/aromatic N) is 16. The van der Waals surface area contributed by atoms with Gasteiger partial charge in [0.15, 0.2) is 45.2 Å². The minimum atomic E-state index is -0.290. The molecule has 4 aromatic carbocycles. The van der Waals surface area contributed by atoms with Gasteiger partial charge in [-0.1, -0.05) is 86.0 Å². The van der Waals surface area contributed by atoms with Crippen molar-refractivity contribution in [3.05, 3.63) is 152 Å². The van der Waals surface area contributed by atoms with Crippen molar-refractivity contribution in [2.75, 3.05) is 40.8 Å². The molecule has 0 bridgehead atoms. The van der Waals surface area contributed by atoms with E-state index in [9.17, 15) is 9.59 Å². The zero-order chi connectivity index (χ0) is 52.9. The number of carbonyl (C=O) groups is 2. The third kappa shape index (κ3) is 13.6. The molecule has 418 valence electrons. The summed E-state index contributed by atoms with van der Waals surface area (Å²) in [5, 5.41) is 32.2. The minimum absolute atomic E-state index is 0. The van der Waals surface area contributed by atoms with Gasteiger partial charge >= 0.3 is 12.1 Å². The third-order valence-electron chi connectivity index (χ3n) is 11.5. The van der Waals surface area contributed by atoms with Crippen LogP contribution in [0.25, 0.3) is 53.8 Å². The van der Waals surface area contributed by atoms with Crippen LogP contribution in [0.3, 0.4) is 0 Å². The Labute approximate surface area is 493 Å². The van der Waals surface area contributed by atoms with E-state index in [-0.39, 0.29) is 83.7 Å². The van der Waals surface area contributed by atoms with Gasteiger partial charge in [-0.25, -0.2) is 38.6 Å². The molecule has 0 aliphatic heterocycles. The molecule has 80 heavy (non-hydrogen) atoms. The molecule has 2 amide bonds. The normalized spacial score (nSPS) is 10.4. The molecule has 27 heteroatoms. The fraction of sp³-hybridized carbons (Fsp3) is 0.245. The Morgan fingerprint density at radius 2 is 1.06 bits per heavy atom. The highest BCUT2D eigenvalue weighted by Gasteiger charge is 2.24. The fourth-order valence-electron chi connectivity index (χ4n) is 7.92. The van der Waals surface area contributed by atoms with Crippen LogP contribution in [0.2, 0.25) is 20.1 Å². The van der Waals surface area contributed by atoms with Gasteiger partial charge in [-0.05, 0) is 98.4 Å². The van der Waals surface area contributed by atoms with E-state index in [1.54, 1.807) is 118 Å². The number of halogens is 6. The molecule has 0 fully saturated rings. The maximum atomic E-state index is 13.1. The van der Waals surface area contributed by atoms with Crippen LogP contribution >= 0.6 is 46.4 Å². The second-order valence-corrected chi connectivity index (χ2v) is 18.4. The van der Waals surface area contributed by atoms with Crippen LogP contribution in [0.1, 0.15) is 47.0 Å². The summed E-state index contributed by atoms with van der Waals surface area (Å²) in [6.07, 6.45) is 4.08. The first kappa shape index (κ1) is 64.7. The maximum Gasteiger partial charge on any atom is 0.346 e. The number of carbonyl (C=O) groups excluding carboxylic acids is 2. The standard InChI is InChI=1S/C25H21Cl2N9O2.C25H20Cl2N8O2.3CH4.2ClH/c1-28-9-10-34(3)25(37)36-24-18(5-4-8-30-24)20(32-36)14-35-21-7-6-19(27)23(22(21)31-33-35)38-17-12-15(26)11-16(13-17)29-2;1-4-10-33(3)25(36)35-24-18(6-5-9-29-24)20(31-35)14-34-21-8-7-19(27)23(22(21)30-32-34)37-17-12-15(26)11-16(13-17)28-2;;;;;/h4-8,11-13,28H,9-10,14H2,1,3H3;5-9,11-13H,4,10,14H2,1,3H3;3*1H4;2*1H/p-2. The molecule has 6 heterocycles. The molecule has 0 unspecified atom stereocenters. The smallest absolute Gasteiger partial charge is 0.346 e. The summed E-state index contributed by atoms with van der Waals surface area (Å²) in [5.74, 6) is 1.28. The van der Waals surface area contributed by atoms with Crippen LogP contribution in [-0.2, 0) is 13.1 Å². The molecule has 10 aromatic rings. The average molecular weight is 1200 g/mol. The van der Waals surface area contributed by atoms with Gasteiger partial charge in [0.05, 0.1) is 58.7 Å². The van der Waals surface area contributed by atoms with Crippen molar-refractivity contribution < 1.29 is 43.9 Å². The molecular weight excluding hydrogens is 1150 g/mol. The highest BCUT2D eigenvalue weighted by Crippen LogP contribution is 2.40. The first-order chi connectivity index (χ1) is 36.3. The summed E-state index contributed by atoms with van der Waals surface area (Å²) in [6.45, 7) is 18.7. The molecule has 0 saturated heterocycles. The van der Waals surface area contributed by atoms with Gasteiger partial charge < -0.3 is 49.4 Å². The highest BCUT2D eigenvalue weighted by molar-refractivity contribution is 6.34. The summed E-state index contributed by atoms with van der Waals surface area (Å²) in [4.78, 5) is 44.9. The molecule has 0 radical (unpaired) electrons. The first-order valence-electron chi connectivity index (χ1n) is 22.8. The lowest BCUT2D eigenvalue weighted by atomic mass is 10.2. The number of amides is 2. The number of hydrogen-bond acceptors (Lipinski definition) is 13. The lowest BCUT2D eigenvalue weighted by Gasteiger charge is -2.16. The number of aromatic nitrogens is 12. The summed E-state index contributed by atoms with van der Waals surface area (Å²) >= 11 is 25.2. The Balaban J connectivity index is 0.000000324. The van der Waals surface area contributed by atoms with Gasteiger partial charge in [-0.15, -0.1) is 10.2 Å². The molecule has 1 N–H and O–H groups in total. The van der Waals surface area contributed by atoms with Crippen molar-refractivity contribution in [1.82, 2.24) is 74.6 Å². The molecule has 10 rings (SSSR count). The zero-order valence-corrected chi connectivity index (χ0v) is 45.6. The number of hydrogen-bond donors (Lipinski definition) is 1. The van der Waals surface area contributed by atoms with Crippen LogP contribution < -0.4 is 39.6 Å². The number of ether oxygens (including phenoxy) is 2. The number of likely N-dealkylation sites (N-methyl/N-ethyl adjacent to an activating group) is 2. The summed E-state index contributed by atoms with van der Waals surface area (Å²) in [7, 11) is 5.28. The van der Waals surface area contributed by atoms with Crippen molar-refractivity contribution in [2.24, 2.45) is 0 Å². The van der Waals surface area contributed by atoms with Gasteiger partial charge in [0, 0.05) is 66.9 Å². The number of nitrogens with one attached hydrogen (secondary N) is 1. The Morgan fingerprint density at radius 1 is 0.637 bits per heavy atom. The first-order valence-corrected chi connectivity index (χ1v) is 24.4. The monoisotopic (exact) mass is 1200 g/mol. The molecule has 6 aromatic heterocycles. The quantitative estimate of drug-likeness (QED) is 0.115. The Bertz CT molecular complexity index is 3910. The van der Waals surface area contributed by atoms with Crippen molar-refractivity contribution in [3.8, 4) is 23.0 Å². The Hall–Kier alpha value is -7.86. The van der Waals surface area contributed by atoms with Crippen LogP contribution in [0, 0.1) is 13.1 Å². The molecule has 0 aliphatic carbocycles. The predicted molar refractivity (Wildman–Crippen MR) is 305 cm³/mol. The van der Waals surface area contributed by atoms with E-state index in [0.29, 0.717) is 107 Å². The second kappa shape index (κ2) is 28.3. The van der Waals surface area contributed by atoms with Crippen LogP contribution in [0.15, 0.2) is 97.3 Å².